The standard InChI is InChI=1S/C13H20N4O/c1-3-16-6-8-17(9-7-16)13(18)12-10-11(14-2)4-5-15-12/h4-5,10H,3,6-9H2,1-2H3,(H,14,15). The van der Waals surface area contributed by atoms with Crippen LogP contribution in [-0.2, 0) is 0 Å². The van der Waals surface area contributed by atoms with Gasteiger partial charge in [0.1, 0.15) is 5.69 Å². The Bertz CT molecular complexity index is 413. The summed E-state index contributed by atoms with van der Waals surface area (Å²) in [5, 5.41) is 3.02. The lowest BCUT2D eigenvalue weighted by Gasteiger charge is -2.33. The van der Waals surface area contributed by atoms with Crippen molar-refractivity contribution in [1.82, 2.24) is 14.8 Å². The van der Waals surface area contributed by atoms with Gasteiger partial charge < -0.3 is 15.1 Å². The van der Waals surface area contributed by atoms with Crippen molar-refractivity contribution in [3.63, 3.8) is 0 Å². The Morgan fingerprint density at radius 1 is 1.39 bits per heavy atom. The molecule has 1 fully saturated rings. The van der Waals surface area contributed by atoms with Gasteiger partial charge in [-0.2, -0.15) is 0 Å². The highest BCUT2D eigenvalue weighted by atomic mass is 16.2. The van der Waals surface area contributed by atoms with Crippen LogP contribution >= 0.6 is 0 Å². The number of nitrogens with one attached hydrogen (secondary N) is 1. The zero-order valence-corrected chi connectivity index (χ0v) is 11.0. The van der Waals surface area contributed by atoms with Gasteiger partial charge in [-0.1, -0.05) is 6.92 Å². The van der Waals surface area contributed by atoms with E-state index in [2.05, 4.69) is 22.1 Å². The third-order valence-corrected chi connectivity index (χ3v) is 3.37. The van der Waals surface area contributed by atoms with Crippen LogP contribution in [0.3, 0.4) is 0 Å². The van der Waals surface area contributed by atoms with E-state index < -0.39 is 0 Å². The highest BCUT2D eigenvalue weighted by Gasteiger charge is 2.22. The molecule has 1 aromatic heterocycles. The molecule has 5 heteroatoms. The average Bonchev–Trinajstić information content (AvgIpc) is 2.46. The Balaban J connectivity index is 2.03. The minimum absolute atomic E-state index is 0.0304. The number of carbonyl (C=O) groups is 1. The predicted molar refractivity (Wildman–Crippen MR) is 71.8 cm³/mol. The fourth-order valence-electron chi connectivity index (χ4n) is 2.13. The van der Waals surface area contributed by atoms with Gasteiger partial charge in [0.05, 0.1) is 0 Å². The molecule has 1 aliphatic rings. The normalized spacial score (nSPS) is 16.7. The third-order valence-electron chi connectivity index (χ3n) is 3.37. The molecule has 0 spiro atoms. The Morgan fingerprint density at radius 3 is 2.72 bits per heavy atom. The molecule has 0 saturated carbocycles. The van der Waals surface area contributed by atoms with Crippen molar-refractivity contribution >= 4 is 11.6 Å². The molecule has 0 aromatic carbocycles. The summed E-state index contributed by atoms with van der Waals surface area (Å²) >= 11 is 0. The van der Waals surface area contributed by atoms with Crippen LogP contribution in [0, 0.1) is 0 Å². The predicted octanol–water partition coefficient (Wildman–Crippen LogP) is 0.901. The highest BCUT2D eigenvalue weighted by Crippen LogP contribution is 2.11. The molecular weight excluding hydrogens is 228 g/mol. The second-order valence-corrected chi connectivity index (χ2v) is 4.41. The number of anilines is 1. The summed E-state index contributed by atoms with van der Waals surface area (Å²) in [6.45, 7) is 6.68. The monoisotopic (exact) mass is 248 g/mol. The molecular formula is C13H20N4O. The molecule has 0 aliphatic carbocycles. The number of likely N-dealkylation sites (N-methyl/N-ethyl adjacent to an activating group) is 1. The van der Waals surface area contributed by atoms with Crippen LogP contribution in [0.2, 0.25) is 0 Å². The first-order valence-electron chi connectivity index (χ1n) is 6.40. The van der Waals surface area contributed by atoms with E-state index in [0.29, 0.717) is 5.69 Å². The van der Waals surface area contributed by atoms with E-state index in [-0.39, 0.29) is 5.91 Å². The lowest BCUT2D eigenvalue weighted by molar-refractivity contribution is 0.0637. The maximum atomic E-state index is 12.3. The molecule has 0 unspecified atom stereocenters. The van der Waals surface area contributed by atoms with Gasteiger partial charge in [0, 0.05) is 45.1 Å². The molecule has 1 aliphatic heterocycles. The number of pyridine rings is 1. The summed E-state index contributed by atoms with van der Waals surface area (Å²) in [4.78, 5) is 20.7. The van der Waals surface area contributed by atoms with Crippen molar-refractivity contribution < 1.29 is 4.79 Å². The minimum Gasteiger partial charge on any atom is -0.388 e. The van der Waals surface area contributed by atoms with Crippen molar-refractivity contribution in [3.05, 3.63) is 24.0 Å². The third kappa shape index (κ3) is 2.79. The first-order valence-corrected chi connectivity index (χ1v) is 6.40. The molecule has 98 valence electrons. The van der Waals surface area contributed by atoms with Crippen LogP contribution in [-0.4, -0.2) is 60.5 Å². The minimum atomic E-state index is 0.0304. The van der Waals surface area contributed by atoms with E-state index in [1.165, 1.54) is 0 Å². The number of piperazine rings is 1. The Morgan fingerprint density at radius 2 is 2.11 bits per heavy atom. The SMILES string of the molecule is CCN1CCN(C(=O)c2cc(NC)ccn2)CC1. The van der Waals surface area contributed by atoms with Gasteiger partial charge in [-0.15, -0.1) is 0 Å². The molecule has 1 N–H and O–H groups in total. The number of carbonyl (C=O) groups excluding carboxylic acids is 1. The van der Waals surface area contributed by atoms with Gasteiger partial charge in [0.25, 0.3) is 5.91 Å². The van der Waals surface area contributed by atoms with Crippen molar-refractivity contribution in [1.29, 1.82) is 0 Å². The van der Waals surface area contributed by atoms with E-state index in [1.54, 1.807) is 12.3 Å². The molecule has 2 rings (SSSR count). The van der Waals surface area contributed by atoms with E-state index >= 15 is 0 Å². The lowest BCUT2D eigenvalue weighted by atomic mass is 10.2. The average molecular weight is 248 g/mol. The quantitative estimate of drug-likeness (QED) is 0.863. The summed E-state index contributed by atoms with van der Waals surface area (Å²) in [6, 6.07) is 3.65. The molecule has 2 heterocycles. The summed E-state index contributed by atoms with van der Waals surface area (Å²) in [5.74, 6) is 0.0304. The number of nitrogens with zero attached hydrogens (tertiary/aromatic N) is 3. The number of hydrogen-bond acceptors (Lipinski definition) is 4. The van der Waals surface area contributed by atoms with Crippen molar-refractivity contribution in [2.75, 3.05) is 45.1 Å². The van der Waals surface area contributed by atoms with Crippen LogP contribution in [0.4, 0.5) is 5.69 Å². The Hall–Kier alpha value is -1.62. The summed E-state index contributed by atoms with van der Waals surface area (Å²) < 4.78 is 0. The van der Waals surface area contributed by atoms with E-state index in [4.69, 9.17) is 0 Å². The molecule has 1 saturated heterocycles. The van der Waals surface area contributed by atoms with Gasteiger partial charge in [-0.25, -0.2) is 0 Å². The van der Waals surface area contributed by atoms with Crippen LogP contribution in [0.5, 0.6) is 0 Å². The molecule has 0 atom stereocenters. The van der Waals surface area contributed by atoms with Crippen molar-refractivity contribution in [3.8, 4) is 0 Å². The first kappa shape index (κ1) is 12.8. The van der Waals surface area contributed by atoms with Gasteiger partial charge in [0.15, 0.2) is 0 Å². The second kappa shape index (κ2) is 5.82. The molecule has 0 bridgehead atoms. The van der Waals surface area contributed by atoms with Gasteiger partial charge in [-0.3, -0.25) is 9.78 Å². The zero-order chi connectivity index (χ0) is 13.0. The molecule has 1 amide bonds. The fourth-order valence-corrected chi connectivity index (χ4v) is 2.13. The second-order valence-electron chi connectivity index (χ2n) is 4.41. The maximum absolute atomic E-state index is 12.3. The van der Waals surface area contributed by atoms with Gasteiger partial charge in [0.2, 0.25) is 0 Å². The summed E-state index contributed by atoms with van der Waals surface area (Å²) in [5.41, 5.74) is 1.44. The van der Waals surface area contributed by atoms with Crippen LogP contribution < -0.4 is 5.32 Å². The largest absolute Gasteiger partial charge is 0.388 e. The van der Waals surface area contributed by atoms with Crippen LogP contribution in [0.15, 0.2) is 18.3 Å². The van der Waals surface area contributed by atoms with Crippen molar-refractivity contribution in [2.45, 2.75) is 6.92 Å². The lowest BCUT2D eigenvalue weighted by Crippen LogP contribution is -2.48. The molecule has 1 aromatic rings. The van der Waals surface area contributed by atoms with Crippen molar-refractivity contribution in [2.24, 2.45) is 0 Å². The number of hydrogen-bond donors (Lipinski definition) is 1. The van der Waals surface area contributed by atoms with Gasteiger partial charge in [-0.05, 0) is 18.7 Å². The Kier molecular flexibility index (Phi) is 4.15. The first-order chi connectivity index (χ1) is 8.74. The molecule has 18 heavy (non-hydrogen) atoms. The molecule has 5 nitrogen and oxygen atoms in total. The van der Waals surface area contributed by atoms with E-state index in [1.807, 2.05) is 18.0 Å². The maximum Gasteiger partial charge on any atom is 0.272 e. The van der Waals surface area contributed by atoms with Gasteiger partial charge >= 0.3 is 0 Å². The molecule has 0 radical (unpaired) electrons. The van der Waals surface area contributed by atoms with Crippen LogP contribution in [0.1, 0.15) is 17.4 Å². The number of aromatic nitrogens is 1. The van der Waals surface area contributed by atoms with E-state index in [9.17, 15) is 4.79 Å². The Labute approximate surface area is 108 Å². The van der Waals surface area contributed by atoms with E-state index in [0.717, 1.165) is 38.4 Å². The van der Waals surface area contributed by atoms with Crippen LogP contribution in [0.25, 0.3) is 0 Å². The zero-order valence-electron chi connectivity index (χ0n) is 11.0. The highest BCUT2D eigenvalue weighted by molar-refractivity contribution is 5.93. The topological polar surface area (TPSA) is 48.5 Å². The summed E-state index contributed by atoms with van der Waals surface area (Å²) in [7, 11) is 1.84. The fraction of sp³-hybridized carbons (Fsp3) is 0.538. The summed E-state index contributed by atoms with van der Waals surface area (Å²) in [6.07, 6.45) is 1.67. The number of rotatable bonds is 3. The smallest absolute Gasteiger partial charge is 0.272 e. The number of amides is 1.